The van der Waals surface area contributed by atoms with Crippen LogP contribution in [0.3, 0.4) is 0 Å². The maximum absolute atomic E-state index is 12.2. The molecule has 0 radical (unpaired) electrons. The van der Waals surface area contributed by atoms with Crippen LogP contribution < -0.4 is 10.6 Å². The Hall–Kier alpha value is -2.04. The molecule has 5 nitrogen and oxygen atoms in total. The van der Waals surface area contributed by atoms with Gasteiger partial charge >= 0.3 is 5.97 Å². The van der Waals surface area contributed by atoms with Crippen molar-refractivity contribution < 1.29 is 14.7 Å². The standard InChI is InChI=1S/C14H18N2O3/c1-2-11(14(18)19)16-13(17)10-7-8-15-12-6-4-3-5-9(10)12/h3-6,10-11,15H,2,7-8H2,1H3,(H,16,17)(H,18,19)/t10?,11-/m1/s1. The minimum Gasteiger partial charge on any atom is -0.480 e. The van der Waals surface area contributed by atoms with Crippen LogP contribution in [0.25, 0.3) is 0 Å². The summed E-state index contributed by atoms with van der Waals surface area (Å²) >= 11 is 0. The highest BCUT2D eigenvalue weighted by Gasteiger charge is 2.28. The second kappa shape index (κ2) is 5.73. The van der Waals surface area contributed by atoms with Crippen LogP contribution in [0, 0.1) is 0 Å². The number of anilines is 1. The topological polar surface area (TPSA) is 78.4 Å². The summed E-state index contributed by atoms with van der Waals surface area (Å²) in [4.78, 5) is 23.2. The van der Waals surface area contributed by atoms with Crippen LogP contribution in [0.5, 0.6) is 0 Å². The van der Waals surface area contributed by atoms with Crippen molar-refractivity contribution in [2.45, 2.75) is 31.7 Å². The summed E-state index contributed by atoms with van der Waals surface area (Å²) in [6.45, 7) is 2.47. The Labute approximate surface area is 112 Å². The molecule has 102 valence electrons. The van der Waals surface area contributed by atoms with Gasteiger partial charge < -0.3 is 15.7 Å². The van der Waals surface area contributed by atoms with Gasteiger partial charge in [-0.15, -0.1) is 0 Å². The van der Waals surface area contributed by atoms with E-state index in [1.165, 1.54) is 0 Å². The molecule has 1 aromatic rings. The first-order valence-corrected chi connectivity index (χ1v) is 6.49. The predicted molar refractivity (Wildman–Crippen MR) is 72.1 cm³/mol. The molecule has 1 aromatic carbocycles. The SMILES string of the molecule is CC[C@@H](NC(=O)C1CCNc2ccccc21)C(=O)O. The van der Waals surface area contributed by atoms with Gasteiger partial charge in [0.05, 0.1) is 5.92 Å². The summed E-state index contributed by atoms with van der Waals surface area (Å²) in [6, 6.07) is 6.84. The number of carbonyl (C=O) groups is 2. The van der Waals surface area contributed by atoms with Crippen molar-refractivity contribution in [2.24, 2.45) is 0 Å². The van der Waals surface area contributed by atoms with Gasteiger partial charge in [0.2, 0.25) is 5.91 Å². The number of nitrogens with one attached hydrogen (secondary N) is 2. The van der Waals surface area contributed by atoms with Gasteiger partial charge in [-0.1, -0.05) is 25.1 Å². The number of carboxylic acid groups (broad SMARTS) is 1. The summed E-state index contributed by atoms with van der Waals surface area (Å²) in [5, 5.41) is 14.8. The molecule has 0 aliphatic carbocycles. The van der Waals surface area contributed by atoms with E-state index in [1.807, 2.05) is 24.3 Å². The lowest BCUT2D eigenvalue weighted by molar-refractivity contribution is -0.142. The number of carbonyl (C=O) groups excluding carboxylic acids is 1. The Kier molecular flexibility index (Phi) is 4.04. The number of hydrogen-bond donors (Lipinski definition) is 3. The highest BCUT2D eigenvalue weighted by atomic mass is 16.4. The second-order valence-corrected chi connectivity index (χ2v) is 4.66. The van der Waals surface area contributed by atoms with Gasteiger partial charge in [0.15, 0.2) is 0 Å². The fourth-order valence-corrected chi connectivity index (χ4v) is 2.35. The summed E-state index contributed by atoms with van der Waals surface area (Å²) in [7, 11) is 0. The molecule has 0 fully saturated rings. The molecule has 0 saturated heterocycles. The molecular weight excluding hydrogens is 244 g/mol. The van der Waals surface area contributed by atoms with Crippen LogP contribution in [0.1, 0.15) is 31.2 Å². The smallest absolute Gasteiger partial charge is 0.326 e. The van der Waals surface area contributed by atoms with Crippen molar-refractivity contribution in [3.05, 3.63) is 29.8 Å². The first-order valence-electron chi connectivity index (χ1n) is 6.49. The van der Waals surface area contributed by atoms with E-state index in [0.717, 1.165) is 17.8 Å². The highest BCUT2D eigenvalue weighted by molar-refractivity contribution is 5.89. The van der Waals surface area contributed by atoms with Gasteiger partial charge in [-0.25, -0.2) is 4.79 Å². The number of para-hydroxylation sites is 1. The van der Waals surface area contributed by atoms with Crippen LogP contribution in [0.15, 0.2) is 24.3 Å². The van der Waals surface area contributed by atoms with Crippen molar-refractivity contribution in [3.8, 4) is 0 Å². The number of rotatable bonds is 4. The van der Waals surface area contributed by atoms with Gasteiger partial charge in [-0.2, -0.15) is 0 Å². The third-order valence-corrected chi connectivity index (χ3v) is 3.42. The molecule has 2 rings (SSSR count). The third kappa shape index (κ3) is 2.86. The Morgan fingerprint density at radius 3 is 2.89 bits per heavy atom. The Bertz CT molecular complexity index is 487. The summed E-state index contributed by atoms with van der Waals surface area (Å²) in [5.41, 5.74) is 1.89. The predicted octanol–water partition coefficient (Wildman–Crippen LogP) is 1.57. The van der Waals surface area contributed by atoms with Gasteiger partial charge in [-0.3, -0.25) is 4.79 Å². The molecule has 5 heteroatoms. The molecule has 1 aliphatic heterocycles. The second-order valence-electron chi connectivity index (χ2n) is 4.66. The molecule has 1 heterocycles. The Morgan fingerprint density at radius 2 is 2.21 bits per heavy atom. The molecule has 0 bridgehead atoms. The largest absolute Gasteiger partial charge is 0.480 e. The maximum Gasteiger partial charge on any atom is 0.326 e. The first-order chi connectivity index (χ1) is 9.13. The lowest BCUT2D eigenvalue weighted by Gasteiger charge is -2.26. The van der Waals surface area contributed by atoms with Crippen molar-refractivity contribution in [1.29, 1.82) is 0 Å². The van der Waals surface area contributed by atoms with Crippen molar-refractivity contribution in [3.63, 3.8) is 0 Å². The minimum absolute atomic E-state index is 0.205. The Balaban J connectivity index is 2.15. The van der Waals surface area contributed by atoms with E-state index in [0.29, 0.717) is 12.8 Å². The normalized spacial score (nSPS) is 18.9. The van der Waals surface area contributed by atoms with Gasteiger partial charge in [0.1, 0.15) is 6.04 Å². The molecule has 1 unspecified atom stereocenters. The molecule has 2 atom stereocenters. The van der Waals surface area contributed by atoms with Gasteiger partial charge in [-0.05, 0) is 24.5 Å². The summed E-state index contributed by atoms with van der Waals surface area (Å²) in [5.74, 6) is -1.47. The minimum atomic E-state index is -0.988. The summed E-state index contributed by atoms with van der Waals surface area (Å²) < 4.78 is 0. The zero-order valence-corrected chi connectivity index (χ0v) is 10.8. The fraction of sp³-hybridized carbons (Fsp3) is 0.429. The monoisotopic (exact) mass is 262 g/mol. The van der Waals surface area contributed by atoms with Crippen LogP contribution in [-0.2, 0) is 9.59 Å². The van der Waals surface area contributed by atoms with E-state index in [2.05, 4.69) is 10.6 Å². The quantitative estimate of drug-likeness (QED) is 0.769. The van der Waals surface area contributed by atoms with Crippen molar-refractivity contribution in [2.75, 3.05) is 11.9 Å². The first kappa shape index (κ1) is 13.4. The van der Waals surface area contributed by atoms with Gasteiger partial charge in [0.25, 0.3) is 0 Å². The van der Waals surface area contributed by atoms with E-state index in [1.54, 1.807) is 6.92 Å². The number of amides is 1. The van der Waals surface area contributed by atoms with Crippen LogP contribution in [0.2, 0.25) is 0 Å². The van der Waals surface area contributed by atoms with Crippen LogP contribution in [0.4, 0.5) is 5.69 Å². The molecule has 0 saturated carbocycles. The lowest BCUT2D eigenvalue weighted by atomic mass is 9.90. The Morgan fingerprint density at radius 1 is 1.47 bits per heavy atom. The molecule has 0 spiro atoms. The molecule has 19 heavy (non-hydrogen) atoms. The molecule has 3 N–H and O–H groups in total. The van der Waals surface area contributed by atoms with Crippen molar-refractivity contribution >= 4 is 17.6 Å². The van der Waals surface area contributed by atoms with Crippen molar-refractivity contribution in [1.82, 2.24) is 5.32 Å². The molecule has 0 aromatic heterocycles. The molecular formula is C14H18N2O3. The zero-order valence-electron chi connectivity index (χ0n) is 10.8. The number of fused-ring (bicyclic) bond motifs is 1. The molecule has 1 aliphatic rings. The average Bonchev–Trinajstić information content (AvgIpc) is 2.43. The van der Waals surface area contributed by atoms with E-state index < -0.39 is 12.0 Å². The highest BCUT2D eigenvalue weighted by Crippen LogP contribution is 2.31. The fourth-order valence-electron chi connectivity index (χ4n) is 2.35. The molecule has 1 amide bonds. The average molecular weight is 262 g/mol. The van der Waals surface area contributed by atoms with Gasteiger partial charge in [0, 0.05) is 12.2 Å². The van der Waals surface area contributed by atoms with E-state index >= 15 is 0 Å². The van der Waals surface area contributed by atoms with Crippen LogP contribution in [-0.4, -0.2) is 29.6 Å². The lowest BCUT2D eigenvalue weighted by Crippen LogP contribution is -2.43. The summed E-state index contributed by atoms with van der Waals surface area (Å²) in [6.07, 6.45) is 1.06. The van der Waals surface area contributed by atoms with Crippen LogP contribution >= 0.6 is 0 Å². The number of aliphatic carboxylic acids is 1. The van der Waals surface area contributed by atoms with E-state index in [9.17, 15) is 9.59 Å². The number of hydrogen-bond acceptors (Lipinski definition) is 3. The zero-order chi connectivity index (χ0) is 13.8. The van der Waals surface area contributed by atoms with E-state index in [-0.39, 0.29) is 11.8 Å². The number of carboxylic acids is 1. The maximum atomic E-state index is 12.2. The number of benzene rings is 1. The van der Waals surface area contributed by atoms with E-state index in [4.69, 9.17) is 5.11 Å². The third-order valence-electron chi connectivity index (χ3n) is 3.42.